The lowest BCUT2D eigenvalue weighted by atomic mass is 10.0. The summed E-state index contributed by atoms with van der Waals surface area (Å²) in [6.45, 7) is 4.08. The molecule has 0 spiro atoms. The third-order valence-electron chi connectivity index (χ3n) is 5.57. The lowest BCUT2D eigenvalue weighted by Gasteiger charge is -2.23. The van der Waals surface area contributed by atoms with Crippen LogP contribution in [-0.2, 0) is 6.42 Å². The Kier molecular flexibility index (Phi) is 4.78. The van der Waals surface area contributed by atoms with Crippen LogP contribution < -0.4 is 15.5 Å². The molecular formula is C23H22ClN3O2. The van der Waals surface area contributed by atoms with Crippen molar-refractivity contribution < 1.29 is 9.21 Å². The van der Waals surface area contributed by atoms with Gasteiger partial charge in [0.25, 0.3) is 5.91 Å². The number of rotatable bonds is 2. The molecule has 0 atom stereocenters. The zero-order valence-corrected chi connectivity index (χ0v) is 16.8. The monoisotopic (exact) mass is 407 g/mol. The lowest BCUT2D eigenvalue weighted by molar-refractivity contribution is 0.0997. The summed E-state index contributed by atoms with van der Waals surface area (Å²) in [4.78, 5) is 15.2. The Morgan fingerprint density at radius 2 is 1.83 bits per heavy atom. The van der Waals surface area contributed by atoms with Crippen molar-refractivity contribution in [2.45, 2.75) is 12.8 Å². The van der Waals surface area contributed by atoms with Gasteiger partial charge in [0.05, 0.1) is 0 Å². The molecule has 2 aromatic carbocycles. The Labute approximate surface area is 174 Å². The Morgan fingerprint density at radius 1 is 0.966 bits per heavy atom. The van der Waals surface area contributed by atoms with E-state index < -0.39 is 0 Å². The number of halogens is 1. The first-order valence-electron chi connectivity index (χ1n) is 9.96. The van der Waals surface area contributed by atoms with Gasteiger partial charge < -0.3 is 20.0 Å². The highest BCUT2D eigenvalue weighted by atomic mass is 35.5. The van der Waals surface area contributed by atoms with E-state index in [0.717, 1.165) is 55.0 Å². The van der Waals surface area contributed by atoms with Crippen LogP contribution in [0.4, 0.5) is 11.4 Å². The predicted molar refractivity (Wildman–Crippen MR) is 116 cm³/mol. The maximum Gasteiger partial charge on any atom is 0.291 e. The standard InChI is InChI=1S/C23H22ClN3O2/c24-18-4-2-15(3-5-18)21-14-17-12-16-13-19(27-10-1-8-25-9-11-27)6-7-20(16)26-23(28)22(17)29-21/h2-7,13-14,25H,1,8-12H2,(H,26,28). The minimum Gasteiger partial charge on any atom is -0.451 e. The van der Waals surface area contributed by atoms with Crippen LogP contribution in [0.5, 0.6) is 0 Å². The van der Waals surface area contributed by atoms with E-state index in [9.17, 15) is 4.79 Å². The van der Waals surface area contributed by atoms with Gasteiger partial charge in [0.2, 0.25) is 0 Å². The summed E-state index contributed by atoms with van der Waals surface area (Å²) >= 11 is 5.99. The first kappa shape index (κ1) is 18.3. The summed E-state index contributed by atoms with van der Waals surface area (Å²) in [5.41, 5.74) is 4.97. The van der Waals surface area contributed by atoms with Crippen molar-refractivity contribution in [1.29, 1.82) is 0 Å². The van der Waals surface area contributed by atoms with Crippen molar-refractivity contribution >= 4 is 28.9 Å². The van der Waals surface area contributed by atoms with Crippen LogP contribution in [0.25, 0.3) is 11.3 Å². The van der Waals surface area contributed by atoms with Gasteiger partial charge in [-0.15, -0.1) is 0 Å². The molecule has 3 aromatic rings. The molecule has 2 N–H and O–H groups in total. The summed E-state index contributed by atoms with van der Waals surface area (Å²) in [5.74, 6) is 0.859. The van der Waals surface area contributed by atoms with Gasteiger partial charge in [-0.05, 0) is 67.1 Å². The smallest absolute Gasteiger partial charge is 0.291 e. The van der Waals surface area contributed by atoms with Gasteiger partial charge in [0.1, 0.15) is 5.76 Å². The Bertz CT molecular complexity index is 1050. The predicted octanol–water partition coefficient (Wildman–Crippen LogP) is 4.56. The molecule has 2 aliphatic heterocycles. The molecule has 0 saturated carbocycles. The quantitative estimate of drug-likeness (QED) is 0.654. The number of fused-ring (bicyclic) bond motifs is 2. The van der Waals surface area contributed by atoms with Crippen LogP contribution in [0.2, 0.25) is 5.02 Å². The molecule has 2 aliphatic rings. The molecule has 5 rings (SSSR count). The third-order valence-corrected chi connectivity index (χ3v) is 5.82. The van der Waals surface area contributed by atoms with E-state index >= 15 is 0 Å². The summed E-state index contributed by atoms with van der Waals surface area (Å²) in [6, 6.07) is 15.7. The van der Waals surface area contributed by atoms with Crippen molar-refractivity contribution in [3.05, 3.63) is 70.4 Å². The number of hydrogen-bond acceptors (Lipinski definition) is 4. The second kappa shape index (κ2) is 7.58. The maximum atomic E-state index is 12.8. The molecule has 0 aliphatic carbocycles. The fraction of sp³-hybridized carbons (Fsp3) is 0.261. The molecule has 3 heterocycles. The maximum absolute atomic E-state index is 12.8. The molecule has 5 nitrogen and oxygen atoms in total. The highest BCUT2D eigenvalue weighted by Crippen LogP contribution is 2.34. The van der Waals surface area contributed by atoms with E-state index in [1.165, 1.54) is 5.69 Å². The molecule has 1 amide bonds. The molecule has 1 saturated heterocycles. The second-order valence-electron chi connectivity index (χ2n) is 7.53. The molecule has 0 radical (unpaired) electrons. The van der Waals surface area contributed by atoms with Gasteiger partial charge in [0.15, 0.2) is 5.76 Å². The molecular weight excluding hydrogens is 386 g/mol. The number of furan rings is 1. The molecule has 0 bridgehead atoms. The number of carbonyl (C=O) groups excluding carboxylic acids is 1. The van der Waals surface area contributed by atoms with Gasteiger partial charge in [-0.2, -0.15) is 0 Å². The van der Waals surface area contributed by atoms with Gasteiger partial charge in [-0.25, -0.2) is 0 Å². The summed E-state index contributed by atoms with van der Waals surface area (Å²) in [5, 5.41) is 7.12. The Morgan fingerprint density at radius 3 is 2.69 bits per heavy atom. The number of nitrogens with zero attached hydrogens (tertiary/aromatic N) is 1. The Balaban J connectivity index is 1.48. The number of carbonyl (C=O) groups is 1. The first-order chi connectivity index (χ1) is 14.2. The van der Waals surface area contributed by atoms with Gasteiger partial charge >= 0.3 is 0 Å². The molecule has 0 unspecified atom stereocenters. The van der Waals surface area contributed by atoms with E-state index in [0.29, 0.717) is 23.0 Å². The summed E-state index contributed by atoms with van der Waals surface area (Å²) < 4.78 is 5.94. The number of anilines is 2. The van der Waals surface area contributed by atoms with Crippen LogP contribution in [-0.4, -0.2) is 32.1 Å². The lowest BCUT2D eigenvalue weighted by Crippen LogP contribution is -2.27. The summed E-state index contributed by atoms with van der Waals surface area (Å²) in [7, 11) is 0. The fourth-order valence-electron chi connectivity index (χ4n) is 4.04. The van der Waals surface area contributed by atoms with Gasteiger partial charge in [0, 0.05) is 53.6 Å². The van der Waals surface area contributed by atoms with Crippen LogP contribution >= 0.6 is 11.6 Å². The topological polar surface area (TPSA) is 57.5 Å². The molecule has 1 aromatic heterocycles. The second-order valence-corrected chi connectivity index (χ2v) is 7.97. The van der Waals surface area contributed by atoms with Crippen LogP contribution in [0.1, 0.15) is 28.1 Å². The van der Waals surface area contributed by atoms with Crippen LogP contribution in [0, 0.1) is 0 Å². The number of hydrogen-bond donors (Lipinski definition) is 2. The number of benzene rings is 2. The number of amides is 1. The van der Waals surface area contributed by atoms with E-state index in [4.69, 9.17) is 16.0 Å². The molecule has 148 valence electrons. The molecule has 29 heavy (non-hydrogen) atoms. The minimum absolute atomic E-state index is 0.203. The summed E-state index contributed by atoms with van der Waals surface area (Å²) in [6.07, 6.45) is 1.78. The van der Waals surface area contributed by atoms with Crippen molar-refractivity contribution in [2.24, 2.45) is 0 Å². The normalized spacial score (nSPS) is 16.4. The van der Waals surface area contributed by atoms with E-state index in [1.807, 2.05) is 36.4 Å². The minimum atomic E-state index is -0.203. The third kappa shape index (κ3) is 3.63. The van der Waals surface area contributed by atoms with E-state index in [-0.39, 0.29) is 5.91 Å². The number of nitrogens with one attached hydrogen (secondary N) is 2. The van der Waals surface area contributed by atoms with Crippen molar-refractivity contribution in [1.82, 2.24) is 5.32 Å². The van der Waals surface area contributed by atoms with E-state index in [2.05, 4.69) is 27.7 Å². The largest absolute Gasteiger partial charge is 0.451 e. The van der Waals surface area contributed by atoms with Gasteiger partial charge in [-0.1, -0.05) is 11.6 Å². The first-order valence-corrected chi connectivity index (χ1v) is 10.3. The average Bonchev–Trinajstić information content (AvgIpc) is 2.89. The Hall–Kier alpha value is -2.76. The van der Waals surface area contributed by atoms with Crippen molar-refractivity contribution in [2.75, 3.05) is 36.4 Å². The highest BCUT2D eigenvalue weighted by Gasteiger charge is 2.25. The van der Waals surface area contributed by atoms with E-state index in [1.54, 1.807) is 0 Å². The molecule has 1 fully saturated rings. The average molecular weight is 408 g/mol. The van der Waals surface area contributed by atoms with Crippen LogP contribution in [0.15, 0.2) is 52.9 Å². The SMILES string of the molecule is O=C1Nc2ccc(N3CCCNCC3)cc2Cc2cc(-c3ccc(Cl)cc3)oc21. The zero-order valence-electron chi connectivity index (χ0n) is 16.0. The van der Waals surface area contributed by atoms with Crippen molar-refractivity contribution in [3.8, 4) is 11.3 Å². The van der Waals surface area contributed by atoms with Crippen molar-refractivity contribution in [3.63, 3.8) is 0 Å². The van der Waals surface area contributed by atoms with Crippen LogP contribution in [0.3, 0.4) is 0 Å². The fourth-order valence-corrected chi connectivity index (χ4v) is 4.17. The highest BCUT2D eigenvalue weighted by molar-refractivity contribution is 6.30. The van der Waals surface area contributed by atoms with Gasteiger partial charge in [-0.3, -0.25) is 4.79 Å². The molecule has 6 heteroatoms. The zero-order chi connectivity index (χ0) is 19.8.